The second kappa shape index (κ2) is 4.38. The Balaban J connectivity index is 2.71. The van der Waals surface area contributed by atoms with E-state index in [9.17, 15) is 5.26 Å². The van der Waals surface area contributed by atoms with Crippen molar-refractivity contribution in [3.63, 3.8) is 0 Å². The van der Waals surface area contributed by atoms with Crippen molar-refractivity contribution < 1.29 is 4.74 Å². The molecule has 2 rings (SSSR count). The van der Waals surface area contributed by atoms with E-state index in [0.29, 0.717) is 29.0 Å². The Hall–Kier alpha value is -1.38. The Morgan fingerprint density at radius 2 is 2.22 bits per heavy atom. The summed E-state index contributed by atoms with van der Waals surface area (Å²) in [5.74, 6) is 0.446. The predicted octanol–water partition coefficient (Wildman–Crippen LogP) is 2.45. The highest BCUT2D eigenvalue weighted by Gasteiger charge is 2.32. The van der Waals surface area contributed by atoms with Crippen molar-refractivity contribution in [3.8, 4) is 6.07 Å². The molecule has 1 atom stereocenters. The van der Waals surface area contributed by atoms with Crippen LogP contribution in [-0.2, 0) is 24.8 Å². The first-order valence-corrected chi connectivity index (χ1v) is 6.38. The molecule has 5 heteroatoms. The first-order valence-electron chi connectivity index (χ1n) is 5.97. The van der Waals surface area contributed by atoms with Crippen LogP contribution < -0.4 is 5.73 Å². The second-order valence-corrected chi connectivity index (χ2v) is 5.35. The largest absolute Gasteiger partial charge is 0.384 e. The number of anilines is 1. The molecule has 2 N–H and O–H groups in total. The fourth-order valence-electron chi connectivity index (χ4n) is 2.28. The molecule has 0 aliphatic carbocycles. The SMILES string of the molecule is CC[C@@]1(C)Cc2c(C#N)c(N)n(C)c(=S)c2CO1. The highest BCUT2D eigenvalue weighted by atomic mass is 32.1. The molecule has 1 aromatic rings. The molecule has 1 aliphatic rings. The van der Waals surface area contributed by atoms with E-state index >= 15 is 0 Å². The van der Waals surface area contributed by atoms with Gasteiger partial charge in [0.1, 0.15) is 16.5 Å². The minimum absolute atomic E-state index is 0.229. The normalized spacial score (nSPS) is 22.3. The zero-order valence-corrected chi connectivity index (χ0v) is 11.7. The van der Waals surface area contributed by atoms with Gasteiger partial charge in [-0.3, -0.25) is 0 Å². The summed E-state index contributed by atoms with van der Waals surface area (Å²) in [5.41, 5.74) is 8.20. The molecule has 0 aromatic carbocycles. The van der Waals surface area contributed by atoms with E-state index in [4.69, 9.17) is 22.7 Å². The fourth-order valence-corrected chi connectivity index (χ4v) is 2.56. The maximum absolute atomic E-state index is 9.31. The van der Waals surface area contributed by atoms with Crippen LogP contribution >= 0.6 is 12.2 Å². The summed E-state index contributed by atoms with van der Waals surface area (Å²) >= 11 is 5.38. The van der Waals surface area contributed by atoms with E-state index in [1.165, 1.54) is 0 Å². The van der Waals surface area contributed by atoms with Gasteiger partial charge in [0.25, 0.3) is 0 Å². The van der Waals surface area contributed by atoms with Crippen LogP contribution in [0.1, 0.15) is 37.0 Å². The molecule has 0 spiro atoms. The Labute approximate surface area is 112 Å². The van der Waals surface area contributed by atoms with Crippen molar-refractivity contribution in [1.82, 2.24) is 4.57 Å². The predicted molar refractivity (Wildman–Crippen MR) is 72.6 cm³/mol. The molecule has 18 heavy (non-hydrogen) atoms. The molecule has 0 radical (unpaired) electrons. The molecule has 1 aliphatic heterocycles. The zero-order chi connectivity index (χ0) is 13.5. The van der Waals surface area contributed by atoms with Gasteiger partial charge in [-0.05, 0) is 18.9 Å². The Morgan fingerprint density at radius 3 is 2.78 bits per heavy atom. The standard InChI is InChI=1S/C13H17N3OS/c1-4-13(2)5-8-9(6-14)11(15)16(3)12(18)10(8)7-17-13/h4-5,7,15H2,1-3H3/t13-/m0/s1. The fraction of sp³-hybridized carbons (Fsp3) is 0.538. The van der Waals surface area contributed by atoms with E-state index in [1.807, 2.05) is 0 Å². The first-order chi connectivity index (χ1) is 8.43. The lowest BCUT2D eigenvalue weighted by Gasteiger charge is -2.35. The summed E-state index contributed by atoms with van der Waals surface area (Å²) < 4.78 is 8.24. The van der Waals surface area contributed by atoms with Gasteiger partial charge in [-0.15, -0.1) is 0 Å². The van der Waals surface area contributed by atoms with Crippen molar-refractivity contribution in [2.24, 2.45) is 7.05 Å². The molecular formula is C13H17N3OS. The summed E-state index contributed by atoms with van der Waals surface area (Å²) in [6.07, 6.45) is 1.58. The summed E-state index contributed by atoms with van der Waals surface area (Å²) in [7, 11) is 1.78. The van der Waals surface area contributed by atoms with Crippen molar-refractivity contribution in [2.75, 3.05) is 5.73 Å². The molecule has 0 unspecified atom stereocenters. The van der Waals surface area contributed by atoms with E-state index < -0.39 is 0 Å². The van der Waals surface area contributed by atoms with E-state index in [-0.39, 0.29) is 5.60 Å². The minimum atomic E-state index is -0.229. The van der Waals surface area contributed by atoms with Gasteiger partial charge >= 0.3 is 0 Å². The van der Waals surface area contributed by atoms with Gasteiger partial charge in [-0.1, -0.05) is 19.1 Å². The van der Waals surface area contributed by atoms with Crippen molar-refractivity contribution >= 4 is 18.0 Å². The Bertz CT molecular complexity index is 600. The van der Waals surface area contributed by atoms with Gasteiger partial charge < -0.3 is 15.0 Å². The van der Waals surface area contributed by atoms with Crippen molar-refractivity contribution in [1.29, 1.82) is 5.26 Å². The number of nitrogen functional groups attached to an aromatic ring is 1. The number of pyridine rings is 1. The topological polar surface area (TPSA) is 64.0 Å². The molecular weight excluding hydrogens is 246 g/mol. The van der Waals surface area contributed by atoms with Gasteiger partial charge in [0.15, 0.2) is 0 Å². The summed E-state index contributed by atoms with van der Waals surface area (Å²) in [5, 5.41) is 9.31. The van der Waals surface area contributed by atoms with Crippen LogP contribution in [0.2, 0.25) is 0 Å². The Kier molecular flexibility index (Phi) is 3.18. The smallest absolute Gasteiger partial charge is 0.122 e. The molecule has 96 valence electrons. The van der Waals surface area contributed by atoms with Crippen LogP contribution in [0.5, 0.6) is 0 Å². The van der Waals surface area contributed by atoms with Gasteiger partial charge in [0, 0.05) is 19.0 Å². The summed E-state index contributed by atoms with van der Waals surface area (Å²) in [6.45, 7) is 4.60. The number of nitrogens with zero attached hydrogens (tertiary/aromatic N) is 2. The van der Waals surface area contributed by atoms with Crippen LogP contribution in [0.3, 0.4) is 0 Å². The molecule has 0 saturated carbocycles. The maximum Gasteiger partial charge on any atom is 0.122 e. The molecule has 0 saturated heterocycles. The summed E-state index contributed by atoms with van der Waals surface area (Å²) in [4.78, 5) is 0. The lowest BCUT2D eigenvalue weighted by atomic mass is 9.87. The van der Waals surface area contributed by atoms with Gasteiger partial charge in [0.2, 0.25) is 0 Å². The monoisotopic (exact) mass is 263 g/mol. The minimum Gasteiger partial charge on any atom is -0.384 e. The highest BCUT2D eigenvalue weighted by molar-refractivity contribution is 7.71. The molecule has 2 heterocycles. The average Bonchev–Trinajstić information content (AvgIpc) is 2.37. The zero-order valence-electron chi connectivity index (χ0n) is 10.9. The molecule has 0 amide bonds. The van der Waals surface area contributed by atoms with Crippen molar-refractivity contribution in [2.45, 2.75) is 38.9 Å². The highest BCUT2D eigenvalue weighted by Crippen LogP contribution is 2.34. The number of aromatic nitrogens is 1. The molecule has 1 aromatic heterocycles. The number of nitriles is 1. The molecule has 4 nitrogen and oxygen atoms in total. The first kappa shape index (κ1) is 13.1. The Morgan fingerprint density at radius 1 is 1.56 bits per heavy atom. The lowest BCUT2D eigenvalue weighted by Crippen LogP contribution is -2.36. The van der Waals surface area contributed by atoms with Gasteiger partial charge in [0.05, 0.1) is 17.8 Å². The number of hydrogen-bond donors (Lipinski definition) is 1. The summed E-state index contributed by atoms with van der Waals surface area (Å²) in [6, 6.07) is 2.21. The third-order valence-electron chi connectivity index (χ3n) is 3.82. The van der Waals surface area contributed by atoms with Gasteiger partial charge in [-0.25, -0.2) is 0 Å². The third kappa shape index (κ3) is 1.82. The quantitative estimate of drug-likeness (QED) is 0.790. The number of rotatable bonds is 1. The van der Waals surface area contributed by atoms with Crippen molar-refractivity contribution in [3.05, 3.63) is 21.3 Å². The molecule has 0 fully saturated rings. The lowest BCUT2D eigenvalue weighted by molar-refractivity contribution is -0.0568. The van der Waals surface area contributed by atoms with Gasteiger partial charge in [-0.2, -0.15) is 5.26 Å². The molecule has 0 bridgehead atoms. The maximum atomic E-state index is 9.31. The number of fused-ring (bicyclic) bond motifs is 1. The van der Waals surface area contributed by atoms with E-state index in [0.717, 1.165) is 17.5 Å². The number of nitrogens with two attached hydrogens (primary N) is 1. The van der Waals surface area contributed by atoms with Crippen LogP contribution in [0.4, 0.5) is 5.82 Å². The third-order valence-corrected chi connectivity index (χ3v) is 4.34. The van der Waals surface area contributed by atoms with Crippen LogP contribution in [0, 0.1) is 16.0 Å². The average molecular weight is 263 g/mol. The van der Waals surface area contributed by atoms with Crippen LogP contribution in [0.25, 0.3) is 0 Å². The van der Waals surface area contributed by atoms with Crippen LogP contribution in [0.15, 0.2) is 0 Å². The number of hydrogen-bond acceptors (Lipinski definition) is 4. The van der Waals surface area contributed by atoms with E-state index in [2.05, 4.69) is 19.9 Å². The second-order valence-electron chi connectivity index (χ2n) is 4.96. The number of ether oxygens (including phenoxy) is 1. The van der Waals surface area contributed by atoms with Crippen LogP contribution in [-0.4, -0.2) is 10.2 Å². The van der Waals surface area contributed by atoms with E-state index in [1.54, 1.807) is 11.6 Å².